The summed E-state index contributed by atoms with van der Waals surface area (Å²) in [5.74, 6) is 1.10. The van der Waals surface area contributed by atoms with Crippen LogP contribution in [0.2, 0.25) is 0 Å². The molecule has 0 radical (unpaired) electrons. The van der Waals surface area contributed by atoms with Crippen LogP contribution in [0.3, 0.4) is 0 Å². The van der Waals surface area contributed by atoms with Crippen LogP contribution < -0.4 is 5.32 Å². The first-order chi connectivity index (χ1) is 7.79. The fourth-order valence-corrected chi connectivity index (χ4v) is 1.67. The molecule has 0 fully saturated rings. The van der Waals surface area contributed by atoms with Gasteiger partial charge in [-0.05, 0) is 7.05 Å². The summed E-state index contributed by atoms with van der Waals surface area (Å²) < 4.78 is 4.15. The van der Waals surface area contributed by atoms with Crippen LogP contribution in [0, 0.1) is 0 Å². The molecule has 86 valence electrons. The fraction of sp³-hybridized carbons (Fsp3) is 0.455. The molecule has 2 rings (SSSR count). The summed E-state index contributed by atoms with van der Waals surface area (Å²) in [4.78, 5) is 8.59. The maximum Gasteiger partial charge on any atom is 0.110 e. The van der Waals surface area contributed by atoms with E-state index in [9.17, 15) is 0 Å². The highest BCUT2D eigenvalue weighted by Crippen LogP contribution is 2.00. The van der Waals surface area contributed by atoms with Gasteiger partial charge in [-0.25, -0.2) is 9.97 Å². The summed E-state index contributed by atoms with van der Waals surface area (Å²) in [7, 11) is 3.94. The summed E-state index contributed by atoms with van der Waals surface area (Å²) in [6.07, 6.45) is 8.67. The lowest BCUT2D eigenvalue weighted by Gasteiger charge is -2.02. The van der Waals surface area contributed by atoms with Gasteiger partial charge in [0.05, 0.1) is 12.0 Å². The lowest BCUT2D eigenvalue weighted by molar-refractivity contribution is 0.649. The SMILES string of the molecule is CNCc1cn(CCc2nccn2C)cn1. The van der Waals surface area contributed by atoms with Crippen LogP contribution in [-0.2, 0) is 26.6 Å². The fourth-order valence-electron chi connectivity index (χ4n) is 1.67. The maximum absolute atomic E-state index is 4.30. The van der Waals surface area contributed by atoms with Gasteiger partial charge < -0.3 is 14.5 Å². The van der Waals surface area contributed by atoms with Crippen molar-refractivity contribution in [2.24, 2.45) is 7.05 Å². The van der Waals surface area contributed by atoms with Crippen molar-refractivity contribution in [1.29, 1.82) is 0 Å². The van der Waals surface area contributed by atoms with Gasteiger partial charge in [-0.15, -0.1) is 0 Å². The van der Waals surface area contributed by atoms with Crippen LogP contribution in [0.1, 0.15) is 11.5 Å². The molecule has 2 heterocycles. The molecule has 16 heavy (non-hydrogen) atoms. The number of hydrogen-bond acceptors (Lipinski definition) is 3. The number of rotatable bonds is 5. The van der Waals surface area contributed by atoms with Crippen molar-refractivity contribution in [3.8, 4) is 0 Å². The Morgan fingerprint density at radius 1 is 1.38 bits per heavy atom. The Morgan fingerprint density at radius 2 is 2.25 bits per heavy atom. The first-order valence-corrected chi connectivity index (χ1v) is 5.41. The summed E-state index contributed by atoms with van der Waals surface area (Å²) in [5.41, 5.74) is 1.07. The lowest BCUT2D eigenvalue weighted by atomic mass is 10.4. The number of hydrogen-bond donors (Lipinski definition) is 1. The van der Waals surface area contributed by atoms with Crippen molar-refractivity contribution in [1.82, 2.24) is 24.4 Å². The summed E-state index contributed by atoms with van der Waals surface area (Å²) in [6.45, 7) is 1.73. The molecular weight excluding hydrogens is 202 g/mol. The second-order valence-corrected chi connectivity index (χ2v) is 3.84. The van der Waals surface area contributed by atoms with E-state index in [0.29, 0.717) is 0 Å². The van der Waals surface area contributed by atoms with Crippen LogP contribution in [0.25, 0.3) is 0 Å². The maximum atomic E-state index is 4.30. The van der Waals surface area contributed by atoms with Gasteiger partial charge in [-0.2, -0.15) is 0 Å². The molecule has 0 spiro atoms. The van der Waals surface area contributed by atoms with Crippen LogP contribution in [0.15, 0.2) is 24.9 Å². The average Bonchev–Trinajstić information content (AvgIpc) is 2.86. The van der Waals surface area contributed by atoms with E-state index in [2.05, 4.69) is 26.0 Å². The predicted octanol–water partition coefficient (Wildman–Crippen LogP) is 0.579. The molecule has 0 aliphatic heterocycles. The highest BCUT2D eigenvalue weighted by Gasteiger charge is 2.01. The number of aromatic nitrogens is 4. The van der Waals surface area contributed by atoms with Gasteiger partial charge >= 0.3 is 0 Å². The zero-order valence-corrected chi connectivity index (χ0v) is 9.72. The molecule has 0 unspecified atom stereocenters. The van der Waals surface area contributed by atoms with Gasteiger partial charge in [0.25, 0.3) is 0 Å². The minimum absolute atomic E-state index is 0.815. The van der Waals surface area contributed by atoms with E-state index in [4.69, 9.17) is 0 Å². The number of nitrogens with one attached hydrogen (secondary N) is 1. The Hall–Kier alpha value is -1.62. The molecule has 0 aliphatic carbocycles. The van der Waals surface area contributed by atoms with Gasteiger partial charge in [0.1, 0.15) is 5.82 Å². The van der Waals surface area contributed by atoms with E-state index in [1.165, 1.54) is 0 Å². The predicted molar refractivity (Wildman–Crippen MR) is 61.9 cm³/mol. The smallest absolute Gasteiger partial charge is 0.110 e. The Balaban J connectivity index is 1.92. The first-order valence-electron chi connectivity index (χ1n) is 5.41. The van der Waals surface area contributed by atoms with E-state index >= 15 is 0 Å². The second kappa shape index (κ2) is 4.94. The third-order valence-electron chi connectivity index (χ3n) is 2.56. The van der Waals surface area contributed by atoms with Crippen LogP contribution in [-0.4, -0.2) is 26.1 Å². The van der Waals surface area contributed by atoms with E-state index in [-0.39, 0.29) is 0 Å². The largest absolute Gasteiger partial charge is 0.338 e. The van der Waals surface area contributed by atoms with E-state index in [1.807, 2.05) is 37.4 Å². The molecule has 0 saturated heterocycles. The second-order valence-electron chi connectivity index (χ2n) is 3.84. The molecule has 1 N–H and O–H groups in total. The molecule has 0 saturated carbocycles. The first kappa shape index (κ1) is 10.9. The standard InChI is InChI=1S/C11H17N5/c1-12-7-10-8-16(9-14-10)5-3-11-13-4-6-15(11)2/h4,6,8-9,12H,3,5,7H2,1-2H3. The minimum Gasteiger partial charge on any atom is -0.338 e. The highest BCUT2D eigenvalue weighted by atomic mass is 15.1. The summed E-state index contributed by atoms with van der Waals surface area (Å²) in [5, 5.41) is 3.08. The van der Waals surface area contributed by atoms with Crippen molar-refractivity contribution >= 4 is 0 Å². The van der Waals surface area contributed by atoms with Crippen molar-refractivity contribution in [3.63, 3.8) is 0 Å². The van der Waals surface area contributed by atoms with E-state index < -0.39 is 0 Å². The highest BCUT2D eigenvalue weighted by molar-refractivity contribution is 4.97. The molecule has 2 aromatic heterocycles. The van der Waals surface area contributed by atoms with Gasteiger partial charge in [0.2, 0.25) is 0 Å². The van der Waals surface area contributed by atoms with Gasteiger partial charge in [0.15, 0.2) is 0 Å². The quantitative estimate of drug-likeness (QED) is 0.800. The Bertz CT molecular complexity index is 443. The van der Waals surface area contributed by atoms with Crippen molar-refractivity contribution in [2.45, 2.75) is 19.5 Å². The van der Waals surface area contributed by atoms with Gasteiger partial charge in [0, 0.05) is 45.1 Å². The molecule has 0 aromatic carbocycles. The molecular formula is C11H17N5. The molecule has 0 amide bonds. The molecule has 0 bridgehead atoms. The summed E-state index contributed by atoms with van der Waals surface area (Å²) >= 11 is 0. The van der Waals surface area contributed by atoms with Crippen molar-refractivity contribution < 1.29 is 0 Å². The Kier molecular flexibility index (Phi) is 3.36. The molecule has 5 heteroatoms. The zero-order valence-electron chi connectivity index (χ0n) is 9.72. The third-order valence-corrected chi connectivity index (χ3v) is 2.56. The van der Waals surface area contributed by atoms with Gasteiger partial charge in [-0.3, -0.25) is 0 Å². The average molecular weight is 219 g/mol. The van der Waals surface area contributed by atoms with Crippen molar-refractivity contribution in [2.75, 3.05) is 7.05 Å². The van der Waals surface area contributed by atoms with Gasteiger partial charge in [-0.1, -0.05) is 0 Å². The topological polar surface area (TPSA) is 47.7 Å². The summed E-state index contributed by atoms with van der Waals surface area (Å²) in [6, 6.07) is 0. The third kappa shape index (κ3) is 2.49. The Labute approximate surface area is 95.1 Å². The molecule has 0 aliphatic rings. The molecule has 2 aromatic rings. The number of imidazole rings is 2. The molecule has 0 atom stereocenters. The van der Waals surface area contributed by atoms with Crippen LogP contribution in [0.4, 0.5) is 0 Å². The normalized spacial score (nSPS) is 10.9. The number of aryl methyl sites for hydroxylation is 3. The minimum atomic E-state index is 0.815. The van der Waals surface area contributed by atoms with E-state index in [0.717, 1.165) is 31.0 Å². The Morgan fingerprint density at radius 3 is 2.94 bits per heavy atom. The van der Waals surface area contributed by atoms with E-state index in [1.54, 1.807) is 0 Å². The monoisotopic (exact) mass is 219 g/mol. The van der Waals surface area contributed by atoms with Crippen LogP contribution >= 0.6 is 0 Å². The van der Waals surface area contributed by atoms with Crippen molar-refractivity contribution in [3.05, 3.63) is 36.4 Å². The number of nitrogens with zero attached hydrogens (tertiary/aromatic N) is 4. The zero-order chi connectivity index (χ0) is 11.4. The lowest BCUT2D eigenvalue weighted by Crippen LogP contribution is -2.06. The van der Waals surface area contributed by atoms with Crippen LogP contribution in [0.5, 0.6) is 0 Å². The molecule has 5 nitrogen and oxygen atoms in total.